The number of rotatable bonds is 6. The van der Waals surface area contributed by atoms with Crippen LogP contribution >= 0.6 is 0 Å². The first kappa shape index (κ1) is 22.2. The van der Waals surface area contributed by atoms with Gasteiger partial charge in [0.2, 0.25) is 17.7 Å². The van der Waals surface area contributed by atoms with Crippen LogP contribution in [0.5, 0.6) is 0 Å². The van der Waals surface area contributed by atoms with Crippen LogP contribution in [-0.2, 0) is 17.9 Å². The van der Waals surface area contributed by atoms with E-state index < -0.39 is 11.6 Å². The maximum Gasteiger partial charge on any atom is 0.249 e. The summed E-state index contributed by atoms with van der Waals surface area (Å²) in [6.45, 7) is 4.91. The number of carbonyl (C=O) groups is 1. The van der Waals surface area contributed by atoms with Crippen molar-refractivity contribution in [2.45, 2.75) is 32.9 Å². The van der Waals surface area contributed by atoms with Crippen molar-refractivity contribution in [1.82, 2.24) is 19.7 Å². The number of nitrogens with one attached hydrogen (secondary N) is 1. The molecule has 176 valence electrons. The fraction of sp³-hybridized carbons (Fsp3) is 0.320. The van der Waals surface area contributed by atoms with Crippen molar-refractivity contribution in [2.75, 3.05) is 18.4 Å². The summed E-state index contributed by atoms with van der Waals surface area (Å²) in [6.07, 6.45) is 4.14. The zero-order valence-electron chi connectivity index (χ0n) is 18.8. The summed E-state index contributed by atoms with van der Waals surface area (Å²) in [7, 11) is 0. The Morgan fingerprint density at radius 3 is 2.71 bits per heavy atom. The fourth-order valence-electron chi connectivity index (χ4n) is 4.31. The molecule has 1 N–H and O–H groups in total. The van der Waals surface area contributed by atoms with Gasteiger partial charge in [0.15, 0.2) is 11.6 Å². The molecule has 1 fully saturated rings. The molecule has 0 aliphatic carbocycles. The summed E-state index contributed by atoms with van der Waals surface area (Å²) in [4.78, 5) is 14.9. The van der Waals surface area contributed by atoms with E-state index in [-0.39, 0.29) is 18.1 Å². The van der Waals surface area contributed by atoms with E-state index in [0.717, 1.165) is 47.6 Å². The first-order valence-corrected chi connectivity index (χ1v) is 11.3. The van der Waals surface area contributed by atoms with Crippen LogP contribution < -0.4 is 5.32 Å². The van der Waals surface area contributed by atoms with E-state index in [1.165, 1.54) is 18.9 Å². The van der Waals surface area contributed by atoms with Gasteiger partial charge in [-0.15, -0.1) is 10.2 Å². The van der Waals surface area contributed by atoms with Crippen molar-refractivity contribution in [3.8, 4) is 11.5 Å². The summed E-state index contributed by atoms with van der Waals surface area (Å²) in [6, 6.07) is 10.9. The normalized spacial score (nSPS) is 15.1. The number of halogens is 2. The van der Waals surface area contributed by atoms with Crippen molar-refractivity contribution in [3.05, 3.63) is 66.2 Å². The number of fused-ring (bicyclic) bond motifs is 1. The highest BCUT2D eigenvalue weighted by molar-refractivity contribution is 5.96. The standard InChI is InChI=1S/C25H25F2N5O2/c1-16-8-10-31(11-9-16)15-24-29-30-25(34-24)19-13-32(22-5-3-2-4-18(19)22)14-23(33)28-17-6-7-20(26)21(27)12-17/h2-7,12-13,16H,8-11,14-15H2,1H3,(H,28,33). The van der Waals surface area contributed by atoms with E-state index in [4.69, 9.17) is 4.42 Å². The van der Waals surface area contributed by atoms with Gasteiger partial charge in [-0.25, -0.2) is 8.78 Å². The fourth-order valence-corrected chi connectivity index (χ4v) is 4.31. The van der Waals surface area contributed by atoms with Crippen LogP contribution in [0.1, 0.15) is 25.7 Å². The Morgan fingerprint density at radius 1 is 1.12 bits per heavy atom. The first-order valence-electron chi connectivity index (χ1n) is 11.3. The van der Waals surface area contributed by atoms with Gasteiger partial charge in [-0.1, -0.05) is 25.1 Å². The van der Waals surface area contributed by atoms with Gasteiger partial charge in [-0.2, -0.15) is 0 Å². The van der Waals surface area contributed by atoms with Crippen LogP contribution in [0.2, 0.25) is 0 Å². The lowest BCUT2D eigenvalue weighted by Crippen LogP contribution is -2.32. The Balaban J connectivity index is 1.35. The molecule has 0 radical (unpaired) electrons. The number of aromatic nitrogens is 3. The molecule has 7 nitrogen and oxygen atoms in total. The predicted octanol–water partition coefficient (Wildman–Crippen LogP) is 4.84. The number of para-hydroxylation sites is 1. The lowest BCUT2D eigenvalue weighted by Gasteiger charge is -2.28. The number of nitrogens with zero attached hydrogens (tertiary/aromatic N) is 4. The van der Waals surface area contributed by atoms with Crippen LogP contribution in [0.4, 0.5) is 14.5 Å². The van der Waals surface area contributed by atoms with E-state index in [1.54, 1.807) is 10.8 Å². The maximum atomic E-state index is 13.5. The van der Waals surface area contributed by atoms with Crippen LogP contribution in [0.25, 0.3) is 22.4 Å². The smallest absolute Gasteiger partial charge is 0.249 e. The van der Waals surface area contributed by atoms with Crippen molar-refractivity contribution >= 4 is 22.5 Å². The number of benzene rings is 2. The molecule has 1 aliphatic rings. The number of likely N-dealkylation sites (tertiary alicyclic amines) is 1. The minimum atomic E-state index is -1.02. The Hall–Kier alpha value is -3.59. The molecule has 2 aromatic carbocycles. The minimum Gasteiger partial charge on any atom is -0.419 e. The molecule has 0 spiro atoms. The van der Waals surface area contributed by atoms with Gasteiger partial charge in [-0.3, -0.25) is 9.69 Å². The molecule has 0 saturated carbocycles. The predicted molar refractivity (Wildman–Crippen MR) is 124 cm³/mol. The molecule has 1 aliphatic heterocycles. The molecule has 5 rings (SSSR count). The number of anilines is 1. The summed E-state index contributed by atoms with van der Waals surface area (Å²) < 4.78 is 34.4. The highest BCUT2D eigenvalue weighted by Gasteiger charge is 2.20. The summed E-state index contributed by atoms with van der Waals surface area (Å²) in [5.41, 5.74) is 1.75. The Bertz CT molecular complexity index is 1320. The Morgan fingerprint density at radius 2 is 1.91 bits per heavy atom. The van der Waals surface area contributed by atoms with Crippen LogP contribution in [0, 0.1) is 17.6 Å². The van der Waals surface area contributed by atoms with Gasteiger partial charge in [-0.05, 0) is 50.0 Å². The van der Waals surface area contributed by atoms with Gasteiger partial charge < -0.3 is 14.3 Å². The Kier molecular flexibility index (Phi) is 6.10. The largest absolute Gasteiger partial charge is 0.419 e. The third kappa shape index (κ3) is 4.70. The second-order valence-electron chi connectivity index (χ2n) is 8.82. The van der Waals surface area contributed by atoms with Crippen LogP contribution in [0.3, 0.4) is 0 Å². The second kappa shape index (κ2) is 9.34. The van der Waals surface area contributed by atoms with Gasteiger partial charge in [0.1, 0.15) is 6.54 Å². The van der Waals surface area contributed by atoms with E-state index in [2.05, 4.69) is 27.3 Å². The lowest BCUT2D eigenvalue weighted by atomic mass is 9.99. The van der Waals surface area contributed by atoms with Gasteiger partial charge in [0.25, 0.3) is 0 Å². The van der Waals surface area contributed by atoms with Crippen molar-refractivity contribution in [3.63, 3.8) is 0 Å². The molecule has 0 atom stereocenters. The molecule has 0 unspecified atom stereocenters. The van der Waals surface area contributed by atoms with Crippen molar-refractivity contribution < 1.29 is 18.0 Å². The summed E-state index contributed by atoms with van der Waals surface area (Å²) in [5, 5.41) is 12.0. The quantitative estimate of drug-likeness (QED) is 0.441. The monoisotopic (exact) mass is 465 g/mol. The first-order chi connectivity index (χ1) is 16.5. The number of amides is 1. The number of piperidine rings is 1. The SMILES string of the molecule is CC1CCN(Cc2nnc(-c3cn(CC(=O)Nc4ccc(F)c(F)c4)c4ccccc34)o2)CC1. The van der Waals surface area contributed by atoms with Gasteiger partial charge >= 0.3 is 0 Å². The van der Waals surface area contributed by atoms with E-state index >= 15 is 0 Å². The molecule has 3 heterocycles. The molecule has 4 aromatic rings. The molecular weight excluding hydrogens is 440 g/mol. The summed E-state index contributed by atoms with van der Waals surface area (Å²) >= 11 is 0. The maximum absolute atomic E-state index is 13.5. The summed E-state index contributed by atoms with van der Waals surface area (Å²) in [5.74, 6) is -0.636. The van der Waals surface area contributed by atoms with Crippen LogP contribution in [-0.4, -0.2) is 38.7 Å². The van der Waals surface area contributed by atoms with Crippen molar-refractivity contribution in [2.24, 2.45) is 5.92 Å². The average molecular weight is 466 g/mol. The highest BCUT2D eigenvalue weighted by atomic mass is 19.2. The highest BCUT2D eigenvalue weighted by Crippen LogP contribution is 2.30. The molecular formula is C25H25F2N5O2. The molecule has 34 heavy (non-hydrogen) atoms. The third-order valence-corrected chi connectivity index (χ3v) is 6.24. The topological polar surface area (TPSA) is 76.2 Å². The molecule has 2 aromatic heterocycles. The zero-order valence-corrected chi connectivity index (χ0v) is 18.8. The number of carbonyl (C=O) groups excluding carboxylic acids is 1. The number of hydrogen-bond donors (Lipinski definition) is 1. The van der Waals surface area contributed by atoms with Gasteiger partial charge in [0.05, 0.1) is 12.1 Å². The minimum absolute atomic E-state index is 0.0214. The van der Waals surface area contributed by atoms with E-state index in [0.29, 0.717) is 18.3 Å². The molecule has 9 heteroatoms. The zero-order chi connectivity index (χ0) is 23.7. The lowest BCUT2D eigenvalue weighted by molar-refractivity contribution is -0.116. The van der Waals surface area contributed by atoms with Crippen LogP contribution in [0.15, 0.2) is 53.1 Å². The van der Waals surface area contributed by atoms with Crippen molar-refractivity contribution in [1.29, 1.82) is 0 Å². The van der Waals surface area contributed by atoms with Gasteiger partial charge in [0, 0.05) is 28.9 Å². The molecule has 1 saturated heterocycles. The van der Waals surface area contributed by atoms with E-state index in [1.807, 2.05) is 24.3 Å². The average Bonchev–Trinajstić information content (AvgIpc) is 3.43. The third-order valence-electron chi connectivity index (χ3n) is 6.24. The molecule has 1 amide bonds. The second-order valence-corrected chi connectivity index (χ2v) is 8.82. The number of hydrogen-bond acceptors (Lipinski definition) is 5. The Labute approximate surface area is 195 Å². The van der Waals surface area contributed by atoms with E-state index in [9.17, 15) is 13.6 Å². The molecule has 0 bridgehead atoms.